The number of methoxy groups -OCH3 is 1. The van der Waals surface area contributed by atoms with E-state index in [0.717, 1.165) is 0 Å². The van der Waals surface area contributed by atoms with Crippen LogP contribution in [0, 0.1) is 5.82 Å². The van der Waals surface area contributed by atoms with Gasteiger partial charge in [-0.25, -0.2) is 4.39 Å². The largest absolute Gasteiger partial charge is 0.493 e. The normalized spacial score (nSPS) is 15.9. The van der Waals surface area contributed by atoms with Gasteiger partial charge in [0.25, 0.3) is 0 Å². The molecule has 1 unspecified atom stereocenters. The van der Waals surface area contributed by atoms with Gasteiger partial charge in [0, 0.05) is 57.5 Å². The molecule has 8 nitrogen and oxygen atoms in total. The van der Waals surface area contributed by atoms with Crippen LogP contribution in [0.5, 0.6) is 17.2 Å². The van der Waals surface area contributed by atoms with Crippen molar-refractivity contribution in [3.05, 3.63) is 48.3 Å². The van der Waals surface area contributed by atoms with Gasteiger partial charge in [0.15, 0.2) is 11.5 Å². The van der Waals surface area contributed by atoms with Gasteiger partial charge in [0.1, 0.15) is 24.3 Å². The summed E-state index contributed by atoms with van der Waals surface area (Å²) >= 11 is 0. The van der Waals surface area contributed by atoms with Gasteiger partial charge in [-0.1, -0.05) is 6.07 Å². The first-order valence-corrected chi connectivity index (χ1v) is 10.1. The first-order chi connectivity index (χ1) is 14.9. The quantitative estimate of drug-likeness (QED) is 0.627. The molecule has 0 bridgehead atoms. The van der Waals surface area contributed by atoms with Gasteiger partial charge in [-0.05, 0) is 24.3 Å². The molecular weight excluding hydrogens is 405 g/mol. The van der Waals surface area contributed by atoms with E-state index in [1.54, 1.807) is 35.4 Å². The smallest absolute Gasteiger partial charge is 0.221 e. The van der Waals surface area contributed by atoms with E-state index in [9.17, 15) is 14.3 Å². The number of ether oxygens (including phenoxy) is 2. The average molecular weight is 433 g/mol. The number of hydrogen-bond acceptors (Lipinski definition) is 7. The Kier molecular flexibility index (Phi) is 8.05. The lowest BCUT2D eigenvalue weighted by molar-refractivity contribution is -0.114. The Labute approximate surface area is 181 Å². The number of hydrogen-bond donors (Lipinski definition) is 2. The molecule has 0 aromatic heterocycles. The third-order valence-electron chi connectivity index (χ3n) is 4.75. The third-order valence-corrected chi connectivity index (χ3v) is 4.75. The van der Waals surface area contributed by atoms with Crippen molar-refractivity contribution in [2.75, 3.05) is 51.8 Å². The zero-order valence-corrected chi connectivity index (χ0v) is 17.7. The van der Waals surface area contributed by atoms with Crippen molar-refractivity contribution in [1.82, 2.24) is 9.96 Å². The predicted molar refractivity (Wildman–Crippen MR) is 114 cm³/mol. The maximum absolute atomic E-state index is 13.3. The van der Waals surface area contributed by atoms with Crippen molar-refractivity contribution >= 4 is 11.6 Å². The predicted octanol–water partition coefficient (Wildman–Crippen LogP) is 2.14. The molecule has 1 amide bonds. The van der Waals surface area contributed by atoms with Crippen molar-refractivity contribution < 1.29 is 28.6 Å². The lowest BCUT2D eigenvalue weighted by Gasteiger charge is -2.34. The van der Waals surface area contributed by atoms with Crippen molar-refractivity contribution in [3.63, 3.8) is 0 Å². The van der Waals surface area contributed by atoms with Crippen LogP contribution >= 0.6 is 0 Å². The molecule has 0 saturated carbocycles. The van der Waals surface area contributed by atoms with E-state index in [2.05, 4.69) is 10.2 Å². The second kappa shape index (κ2) is 10.9. The highest BCUT2D eigenvalue weighted by atomic mass is 19.1. The standard InChI is InChI=1S/C22H28FN3O5/c1-16(27)24-18-6-7-21(22(13-18)29-2)30-15-19(28)14-25-8-10-26(11-9-25)31-20-5-3-4-17(23)12-20/h3-7,12-13,19,28H,8-11,14-15H2,1-2H3,(H,24,27). The van der Waals surface area contributed by atoms with Crippen LogP contribution < -0.4 is 19.6 Å². The Hall–Kier alpha value is -2.88. The van der Waals surface area contributed by atoms with Gasteiger partial charge in [0.2, 0.25) is 5.91 Å². The van der Waals surface area contributed by atoms with Crippen molar-refractivity contribution in [1.29, 1.82) is 0 Å². The number of hydroxylamine groups is 2. The molecule has 2 N–H and O–H groups in total. The summed E-state index contributed by atoms with van der Waals surface area (Å²) in [6, 6.07) is 11.1. The average Bonchev–Trinajstić information content (AvgIpc) is 2.74. The Morgan fingerprint density at radius 2 is 1.94 bits per heavy atom. The minimum atomic E-state index is -0.685. The third kappa shape index (κ3) is 7.09. The van der Waals surface area contributed by atoms with E-state index >= 15 is 0 Å². The number of halogens is 1. The topological polar surface area (TPSA) is 83.5 Å². The molecule has 2 aromatic rings. The van der Waals surface area contributed by atoms with E-state index in [4.69, 9.17) is 14.3 Å². The summed E-state index contributed by atoms with van der Waals surface area (Å²) in [4.78, 5) is 19.0. The number of β-amino-alcohol motifs (C(OH)–C–C–N with tert-alkyl or cyclic N) is 1. The molecule has 1 saturated heterocycles. The number of nitrogens with zero attached hydrogens (tertiary/aromatic N) is 2. The minimum Gasteiger partial charge on any atom is -0.493 e. The highest BCUT2D eigenvalue weighted by molar-refractivity contribution is 5.89. The first-order valence-electron chi connectivity index (χ1n) is 10.1. The SMILES string of the molecule is COc1cc(NC(C)=O)ccc1OCC(O)CN1CCN(Oc2cccc(F)c2)CC1. The molecule has 168 valence electrons. The van der Waals surface area contributed by atoms with Crippen molar-refractivity contribution in [2.45, 2.75) is 13.0 Å². The number of nitrogens with one attached hydrogen (secondary N) is 1. The van der Waals surface area contributed by atoms with Gasteiger partial charge in [-0.2, -0.15) is 0 Å². The number of aliphatic hydroxyl groups excluding tert-OH is 1. The number of amides is 1. The number of anilines is 1. The molecule has 0 radical (unpaired) electrons. The Morgan fingerprint density at radius 3 is 2.61 bits per heavy atom. The fourth-order valence-electron chi connectivity index (χ4n) is 3.28. The lowest BCUT2D eigenvalue weighted by Crippen LogP contribution is -2.50. The summed E-state index contributed by atoms with van der Waals surface area (Å²) in [7, 11) is 1.52. The molecule has 31 heavy (non-hydrogen) atoms. The van der Waals surface area contributed by atoms with Crippen LogP contribution in [-0.2, 0) is 4.79 Å². The monoisotopic (exact) mass is 433 g/mol. The van der Waals surface area contributed by atoms with Gasteiger partial charge < -0.3 is 24.7 Å². The molecule has 1 heterocycles. The second-order valence-corrected chi connectivity index (χ2v) is 7.29. The number of benzene rings is 2. The number of piperazine rings is 1. The highest BCUT2D eigenvalue weighted by Gasteiger charge is 2.21. The molecular formula is C22H28FN3O5. The summed E-state index contributed by atoms with van der Waals surface area (Å²) in [5, 5.41) is 14.9. The van der Waals surface area contributed by atoms with Gasteiger partial charge in [-0.3, -0.25) is 9.69 Å². The summed E-state index contributed by atoms with van der Waals surface area (Å²) in [5.74, 6) is 0.930. The van der Waals surface area contributed by atoms with Gasteiger partial charge in [-0.15, -0.1) is 5.06 Å². The van der Waals surface area contributed by atoms with Crippen LogP contribution in [0.3, 0.4) is 0 Å². The van der Waals surface area contributed by atoms with Crippen LogP contribution in [0.25, 0.3) is 0 Å². The molecule has 1 aliphatic heterocycles. The van der Waals surface area contributed by atoms with E-state index < -0.39 is 6.10 Å². The van der Waals surface area contributed by atoms with E-state index in [-0.39, 0.29) is 18.3 Å². The molecule has 2 aromatic carbocycles. The first kappa shape index (κ1) is 22.8. The minimum absolute atomic E-state index is 0.107. The Bertz CT molecular complexity index is 874. The highest BCUT2D eigenvalue weighted by Crippen LogP contribution is 2.30. The van der Waals surface area contributed by atoms with Crippen molar-refractivity contribution in [3.8, 4) is 17.2 Å². The summed E-state index contributed by atoms with van der Waals surface area (Å²) in [5.41, 5.74) is 0.607. The zero-order chi connectivity index (χ0) is 22.2. The number of carbonyl (C=O) groups excluding carboxylic acids is 1. The van der Waals surface area contributed by atoms with Crippen molar-refractivity contribution in [2.24, 2.45) is 0 Å². The molecule has 1 atom stereocenters. The van der Waals surface area contributed by atoms with Crippen LogP contribution in [0.15, 0.2) is 42.5 Å². The number of aliphatic hydroxyl groups is 1. The van der Waals surface area contributed by atoms with Crippen LogP contribution in [0.1, 0.15) is 6.92 Å². The van der Waals surface area contributed by atoms with Crippen LogP contribution in [0.4, 0.5) is 10.1 Å². The van der Waals surface area contributed by atoms with E-state index in [1.165, 1.54) is 26.2 Å². The maximum Gasteiger partial charge on any atom is 0.221 e. The van der Waals surface area contributed by atoms with Gasteiger partial charge >= 0.3 is 0 Å². The maximum atomic E-state index is 13.3. The second-order valence-electron chi connectivity index (χ2n) is 7.29. The lowest BCUT2D eigenvalue weighted by atomic mass is 10.2. The Balaban J connectivity index is 1.42. The summed E-state index contributed by atoms with van der Waals surface area (Å²) in [6.07, 6.45) is -0.685. The fraction of sp³-hybridized carbons (Fsp3) is 0.409. The molecule has 3 rings (SSSR count). The van der Waals surface area contributed by atoms with Gasteiger partial charge in [0.05, 0.1) is 7.11 Å². The summed E-state index contributed by atoms with van der Waals surface area (Å²) < 4.78 is 24.3. The van der Waals surface area contributed by atoms with Crippen LogP contribution in [-0.4, -0.2) is 73.5 Å². The molecule has 1 aliphatic rings. The van der Waals surface area contributed by atoms with E-state index in [0.29, 0.717) is 55.7 Å². The fourth-order valence-corrected chi connectivity index (χ4v) is 3.28. The Morgan fingerprint density at radius 1 is 1.16 bits per heavy atom. The molecule has 0 aliphatic carbocycles. The molecule has 1 fully saturated rings. The number of rotatable bonds is 9. The molecule has 9 heteroatoms. The summed E-state index contributed by atoms with van der Waals surface area (Å²) in [6.45, 7) is 4.70. The number of carbonyl (C=O) groups is 1. The van der Waals surface area contributed by atoms with Crippen LogP contribution in [0.2, 0.25) is 0 Å². The van der Waals surface area contributed by atoms with E-state index in [1.807, 2.05) is 0 Å². The zero-order valence-electron chi connectivity index (χ0n) is 17.7. The molecule has 0 spiro atoms.